The van der Waals surface area contributed by atoms with Crippen molar-refractivity contribution < 1.29 is 9.90 Å². The molecule has 1 heterocycles. The van der Waals surface area contributed by atoms with Crippen LogP contribution in [0.4, 0.5) is 5.69 Å². The molecule has 5 nitrogen and oxygen atoms in total. The van der Waals surface area contributed by atoms with E-state index >= 15 is 0 Å². The fourth-order valence-electron chi connectivity index (χ4n) is 1.81. The predicted octanol–water partition coefficient (Wildman–Crippen LogP) is 3.47. The van der Waals surface area contributed by atoms with Crippen molar-refractivity contribution in [2.24, 2.45) is 5.10 Å². The van der Waals surface area contributed by atoms with Crippen molar-refractivity contribution in [1.29, 1.82) is 0 Å². The molecule has 23 heavy (non-hydrogen) atoms. The van der Waals surface area contributed by atoms with Gasteiger partial charge in [-0.15, -0.1) is 0 Å². The van der Waals surface area contributed by atoms with Crippen molar-refractivity contribution in [2.75, 3.05) is 5.43 Å². The van der Waals surface area contributed by atoms with Gasteiger partial charge in [-0.2, -0.15) is 5.10 Å². The van der Waals surface area contributed by atoms with E-state index in [0.29, 0.717) is 0 Å². The van der Waals surface area contributed by atoms with E-state index in [4.69, 9.17) is 34.8 Å². The second-order valence-corrected chi connectivity index (χ2v) is 5.89. The molecule has 0 aliphatic carbocycles. The first kappa shape index (κ1) is 17.5. The molecule has 1 N–H and O–H groups in total. The maximum Gasteiger partial charge on any atom is 0.150 e. The molecule has 0 amide bonds. The maximum absolute atomic E-state index is 11.0. The van der Waals surface area contributed by atoms with Crippen LogP contribution in [0.5, 0.6) is 0 Å². The van der Waals surface area contributed by atoms with Crippen LogP contribution in [0.15, 0.2) is 23.3 Å². The number of aryl methyl sites for hydroxylation is 2. The smallest absolute Gasteiger partial charge is 0.150 e. The Balaban J connectivity index is 2.35. The van der Waals surface area contributed by atoms with E-state index in [0.717, 1.165) is 16.7 Å². The van der Waals surface area contributed by atoms with Crippen molar-refractivity contribution in [3.8, 4) is 0 Å². The number of anilines is 1. The van der Waals surface area contributed by atoms with Gasteiger partial charge in [0.25, 0.3) is 0 Å². The van der Waals surface area contributed by atoms with Crippen LogP contribution >= 0.6 is 34.8 Å². The first-order chi connectivity index (χ1) is 10.8. The van der Waals surface area contributed by atoms with Crippen LogP contribution < -0.4 is 10.5 Å². The summed E-state index contributed by atoms with van der Waals surface area (Å²) in [4.78, 5) is 14.6. The van der Waals surface area contributed by atoms with Gasteiger partial charge in [0.2, 0.25) is 0 Å². The van der Waals surface area contributed by atoms with Crippen LogP contribution in [0.25, 0.3) is 0 Å². The second-order valence-electron chi connectivity index (χ2n) is 4.77. The Bertz CT molecular complexity index is 807. The van der Waals surface area contributed by atoms with Gasteiger partial charge in [0.05, 0.1) is 22.9 Å². The first-order valence-corrected chi connectivity index (χ1v) is 7.56. The van der Waals surface area contributed by atoms with Gasteiger partial charge in [-0.25, -0.2) is 4.98 Å². The number of aromatic carboxylic acids is 1. The third kappa shape index (κ3) is 3.93. The number of hydrazone groups is 1. The van der Waals surface area contributed by atoms with Gasteiger partial charge in [0.15, 0.2) is 5.15 Å². The number of carboxylic acid groups (broad SMARTS) is 1. The van der Waals surface area contributed by atoms with Crippen molar-refractivity contribution in [3.63, 3.8) is 0 Å². The Hall–Kier alpha value is -1.82. The lowest BCUT2D eigenvalue weighted by atomic mass is 10.1. The highest BCUT2D eigenvalue weighted by atomic mass is 35.5. The Morgan fingerprint density at radius 1 is 1.26 bits per heavy atom. The average molecular weight is 372 g/mol. The fourth-order valence-corrected chi connectivity index (χ4v) is 2.48. The number of nitrogens with one attached hydrogen (secondary N) is 1. The molecule has 0 spiro atoms. The molecule has 2 aromatic rings. The topological polar surface area (TPSA) is 77.4 Å². The number of nitrogens with zero attached hydrogens (tertiary/aromatic N) is 2. The molecule has 0 fully saturated rings. The van der Waals surface area contributed by atoms with E-state index in [-0.39, 0.29) is 20.9 Å². The number of pyridine rings is 1. The Kier molecular flexibility index (Phi) is 5.46. The quantitative estimate of drug-likeness (QED) is 0.507. The fraction of sp³-hybridized carbons (Fsp3) is 0.133. The summed E-state index contributed by atoms with van der Waals surface area (Å²) >= 11 is 17.7. The lowest BCUT2D eigenvalue weighted by Gasteiger charge is -2.12. The van der Waals surface area contributed by atoms with Crippen molar-refractivity contribution >= 4 is 52.7 Å². The standard InChI is InChI=1S/C15H12Cl3N3O2/c1-7-3-4-8(2)9(5-7)6-19-21-12-10(16)13(15(22)23)20-14(18)11(12)17/h3-6H,1-2H3,(H,20,21)(H,22,23)/p-1/b19-6-. The molecule has 0 saturated heterocycles. The van der Waals surface area contributed by atoms with E-state index in [9.17, 15) is 9.90 Å². The molecule has 0 atom stereocenters. The van der Waals surface area contributed by atoms with E-state index in [2.05, 4.69) is 15.5 Å². The van der Waals surface area contributed by atoms with Gasteiger partial charge in [0.1, 0.15) is 10.7 Å². The normalized spacial score (nSPS) is 11.0. The number of benzene rings is 1. The second kappa shape index (κ2) is 7.17. The van der Waals surface area contributed by atoms with Crippen LogP contribution in [0.1, 0.15) is 27.2 Å². The van der Waals surface area contributed by atoms with Gasteiger partial charge < -0.3 is 9.90 Å². The largest absolute Gasteiger partial charge is 0.543 e. The van der Waals surface area contributed by atoms with Crippen LogP contribution in [-0.2, 0) is 0 Å². The zero-order valence-electron chi connectivity index (χ0n) is 12.2. The molecule has 0 aliphatic heterocycles. The number of carbonyl (C=O) groups excluding carboxylic acids is 1. The molecule has 1 aromatic carbocycles. The van der Waals surface area contributed by atoms with Crippen molar-refractivity contribution in [3.05, 3.63) is 55.8 Å². The van der Waals surface area contributed by atoms with Gasteiger partial charge in [-0.3, -0.25) is 5.43 Å². The predicted molar refractivity (Wildman–Crippen MR) is 90.7 cm³/mol. The minimum absolute atomic E-state index is 0.0280. The summed E-state index contributed by atoms with van der Waals surface area (Å²) in [5.41, 5.74) is 5.15. The van der Waals surface area contributed by atoms with Crippen LogP contribution in [-0.4, -0.2) is 17.2 Å². The summed E-state index contributed by atoms with van der Waals surface area (Å²) in [6.45, 7) is 3.91. The van der Waals surface area contributed by atoms with Crippen molar-refractivity contribution in [2.45, 2.75) is 13.8 Å². The molecule has 1 aromatic heterocycles. The molecule has 0 saturated carbocycles. The number of rotatable bonds is 4. The zero-order valence-corrected chi connectivity index (χ0v) is 14.4. The molecule has 120 valence electrons. The molecule has 8 heteroatoms. The Labute approximate surface area is 147 Å². The molecule has 0 radical (unpaired) electrons. The average Bonchev–Trinajstić information content (AvgIpc) is 2.49. The highest BCUT2D eigenvalue weighted by molar-refractivity contribution is 6.46. The summed E-state index contributed by atoms with van der Waals surface area (Å²) in [5, 5.41) is 14.6. The Morgan fingerprint density at radius 2 is 1.96 bits per heavy atom. The lowest BCUT2D eigenvalue weighted by Crippen LogP contribution is -2.24. The zero-order chi connectivity index (χ0) is 17.1. The Morgan fingerprint density at radius 3 is 2.61 bits per heavy atom. The third-order valence-electron chi connectivity index (χ3n) is 3.05. The molecule has 0 aliphatic rings. The number of carboxylic acids is 1. The lowest BCUT2D eigenvalue weighted by molar-refractivity contribution is -0.255. The molecular weight excluding hydrogens is 361 g/mol. The summed E-state index contributed by atoms with van der Waals surface area (Å²) < 4.78 is 0. The number of hydrogen-bond acceptors (Lipinski definition) is 5. The van der Waals surface area contributed by atoms with Crippen LogP contribution in [0.2, 0.25) is 15.2 Å². The molecule has 0 bridgehead atoms. The van der Waals surface area contributed by atoms with E-state index in [1.54, 1.807) is 6.21 Å². The van der Waals surface area contributed by atoms with Crippen molar-refractivity contribution in [1.82, 2.24) is 4.98 Å². The summed E-state index contributed by atoms with van der Waals surface area (Å²) in [6.07, 6.45) is 1.57. The molecular formula is C15H11Cl3N3O2-. The molecule has 0 unspecified atom stereocenters. The van der Waals surface area contributed by atoms with Gasteiger partial charge in [-0.1, -0.05) is 58.6 Å². The SMILES string of the molecule is Cc1ccc(C)c(/C=N\Nc2c(Cl)c(Cl)nc(C(=O)[O-])c2Cl)c1. The highest BCUT2D eigenvalue weighted by Crippen LogP contribution is 2.36. The van der Waals surface area contributed by atoms with Gasteiger partial charge >= 0.3 is 0 Å². The summed E-state index contributed by atoms with van der Waals surface area (Å²) in [6, 6.07) is 5.91. The maximum atomic E-state index is 11.0. The van der Waals surface area contributed by atoms with Crippen LogP contribution in [0, 0.1) is 13.8 Å². The number of halogens is 3. The molecule has 2 rings (SSSR count). The minimum atomic E-state index is -1.56. The number of hydrogen-bond donors (Lipinski definition) is 1. The van der Waals surface area contributed by atoms with Gasteiger partial charge in [0, 0.05) is 0 Å². The summed E-state index contributed by atoms with van der Waals surface area (Å²) in [7, 11) is 0. The van der Waals surface area contributed by atoms with Gasteiger partial charge in [-0.05, 0) is 25.0 Å². The first-order valence-electron chi connectivity index (χ1n) is 6.43. The monoisotopic (exact) mass is 370 g/mol. The third-order valence-corrected chi connectivity index (χ3v) is 4.15. The summed E-state index contributed by atoms with van der Waals surface area (Å²) in [5.74, 6) is -1.56. The van der Waals surface area contributed by atoms with Crippen LogP contribution in [0.3, 0.4) is 0 Å². The number of carbonyl (C=O) groups is 1. The number of aromatic nitrogens is 1. The highest BCUT2D eigenvalue weighted by Gasteiger charge is 2.16. The van der Waals surface area contributed by atoms with E-state index < -0.39 is 11.7 Å². The minimum Gasteiger partial charge on any atom is -0.543 e. The van der Waals surface area contributed by atoms with E-state index in [1.807, 2.05) is 32.0 Å². The van der Waals surface area contributed by atoms with E-state index in [1.165, 1.54) is 0 Å².